The molecule has 0 N–H and O–H groups in total. The van der Waals surface area contributed by atoms with Crippen LogP contribution in [0.25, 0.3) is 6.08 Å². The Morgan fingerprint density at radius 3 is 2.68 bits per heavy atom. The summed E-state index contributed by atoms with van der Waals surface area (Å²) in [5, 5.41) is 0. The van der Waals surface area contributed by atoms with E-state index in [2.05, 4.69) is 4.74 Å². The zero-order valence-corrected chi connectivity index (χ0v) is 11.5. The molecule has 104 valence electrons. The van der Waals surface area contributed by atoms with E-state index < -0.39 is 5.97 Å². The predicted octanol–water partition coefficient (Wildman–Crippen LogP) is 2.01. The molecule has 0 unspecified atom stereocenters. The molecule has 0 bridgehead atoms. The molecule has 0 aliphatic rings. The maximum atomic E-state index is 12.0. The highest BCUT2D eigenvalue weighted by molar-refractivity contribution is 5.93. The Hall–Kier alpha value is -2.04. The lowest BCUT2D eigenvalue weighted by Gasteiger charge is -2.18. The van der Waals surface area contributed by atoms with E-state index in [-0.39, 0.29) is 12.5 Å². The normalized spacial score (nSPS) is 10.7. The van der Waals surface area contributed by atoms with Crippen LogP contribution in [0.3, 0.4) is 0 Å². The molecule has 1 rings (SSSR count). The molecule has 1 aromatic rings. The molecular weight excluding hydrogens is 246 g/mol. The zero-order valence-electron chi connectivity index (χ0n) is 11.5. The summed E-state index contributed by atoms with van der Waals surface area (Å²) in [7, 11) is 1.30. The number of hydrogen-bond donors (Lipinski definition) is 0. The van der Waals surface area contributed by atoms with Crippen LogP contribution in [0.2, 0.25) is 0 Å². The Morgan fingerprint density at radius 1 is 1.42 bits per heavy atom. The maximum absolute atomic E-state index is 12.0. The third-order valence-electron chi connectivity index (χ3n) is 2.50. The molecule has 0 aliphatic heterocycles. The van der Waals surface area contributed by atoms with Gasteiger partial charge in [-0.05, 0) is 31.6 Å². The van der Waals surface area contributed by atoms with E-state index in [0.717, 1.165) is 12.2 Å². The van der Waals surface area contributed by atoms with Crippen molar-refractivity contribution in [3.63, 3.8) is 0 Å². The van der Waals surface area contributed by atoms with E-state index in [1.807, 2.05) is 19.9 Å². The number of nitrogens with zero attached hydrogens (tertiary/aromatic N) is 1. The average molecular weight is 265 g/mol. The van der Waals surface area contributed by atoms with Gasteiger partial charge in [-0.2, -0.15) is 0 Å². The van der Waals surface area contributed by atoms with Crippen LogP contribution in [0.5, 0.6) is 0 Å². The van der Waals surface area contributed by atoms with Gasteiger partial charge in [0.2, 0.25) is 5.91 Å². The standard InChI is InChI=1S/C14H19NO4/c1-4-9-15(10-14(17)18-3)13(16)8-7-12-6-5-11(2)19-12/h5-8H,4,9-10H2,1-3H3/b8-7+. The average Bonchev–Trinajstić information content (AvgIpc) is 2.81. The monoisotopic (exact) mass is 265 g/mol. The molecule has 0 aromatic carbocycles. The number of aryl methyl sites for hydroxylation is 1. The molecule has 5 heteroatoms. The summed E-state index contributed by atoms with van der Waals surface area (Å²) in [5.74, 6) is 0.734. The molecule has 0 atom stereocenters. The Labute approximate surface area is 112 Å². The van der Waals surface area contributed by atoms with Gasteiger partial charge in [0.25, 0.3) is 0 Å². The van der Waals surface area contributed by atoms with Crippen LogP contribution >= 0.6 is 0 Å². The predicted molar refractivity (Wildman–Crippen MR) is 71.4 cm³/mol. The number of rotatable bonds is 6. The summed E-state index contributed by atoms with van der Waals surface area (Å²) in [4.78, 5) is 24.6. The number of amides is 1. The third kappa shape index (κ3) is 4.99. The molecule has 0 fully saturated rings. The van der Waals surface area contributed by atoms with Gasteiger partial charge in [0.05, 0.1) is 7.11 Å². The molecule has 1 heterocycles. The highest BCUT2D eigenvalue weighted by Gasteiger charge is 2.14. The molecule has 1 amide bonds. The van der Waals surface area contributed by atoms with Gasteiger partial charge in [-0.25, -0.2) is 0 Å². The van der Waals surface area contributed by atoms with E-state index in [4.69, 9.17) is 4.42 Å². The molecular formula is C14H19NO4. The number of esters is 1. The minimum Gasteiger partial charge on any atom is -0.468 e. The maximum Gasteiger partial charge on any atom is 0.325 e. The summed E-state index contributed by atoms with van der Waals surface area (Å²) < 4.78 is 9.89. The number of ether oxygens (including phenoxy) is 1. The second-order valence-electron chi connectivity index (χ2n) is 4.12. The quantitative estimate of drug-likeness (QED) is 0.583. The number of methoxy groups -OCH3 is 1. The Bertz CT molecular complexity index is 462. The first-order valence-corrected chi connectivity index (χ1v) is 6.17. The van der Waals surface area contributed by atoms with E-state index in [9.17, 15) is 9.59 Å². The van der Waals surface area contributed by atoms with Crippen molar-refractivity contribution >= 4 is 18.0 Å². The lowest BCUT2D eigenvalue weighted by atomic mass is 10.3. The number of carbonyl (C=O) groups is 2. The molecule has 0 saturated heterocycles. The molecule has 1 aromatic heterocycles. The fraction of sp³-hybridized carbons (Fsp3) is 0.429. The Morgan fingerprint density at radius 2 is 2.16 bits per heavy atom. The highest BCUT2D eigenvalue weighted by atomic mass is 16.5. The van der Waals surface area contributed by atoms with Crippen molar-refractivity contribution in [2.75, 3.05) is 20.2 Å². The molecule has 19 heavy (non-hydrogen) atoms. The summed E-state index contributed by atoms with van der Waals surface area (Å²) >= 11 is 0. The van der Waals surface area contributed by atoms with Crippen LogP contribution in [0.4, 0.5) is 0 Å². The topological polar surface area (TPSA) is 59.8 Å². The molecule has 5 nitrogen and oxygen atoms in total. The SMILES string of the molecule is CCCN(CC(=O)OC)C(=O)/C=C/c1ccc(C)o1. The molecule has 0 saturated carbocycles. The van der Waals surface area contributed by atoms with Crippen LogP contribution < -0.4 is 0 Å². The first-order chi connectivity index (χ1) is 9.06. The lowest BCUT2D eigenvalue weighted by Crippen LogP contribution is -2.35. The molecule has 0 radical (unpaired) electrons. The summed E-state index contributed by atoms with van der Waals surface area (Å²) in [6, 6.07) is 3.60. The van der Waals surface area contributed by atoms with Crippen LogP contribution in [0.15, 0.2) is 22.6 Å². The number of carbonyl (C=O) groups excluding carboxylic acids is 2. The minimum atomic E-state index is -0.427. The summed E-state index contributed by atoms with van der Waals surface area (Å²) in [5.41, 5.74) is 0. The van der Waals surface area contributed by atoms with Crippen molar-refractivity contribution < 1.29 is 18.7 Å². The van der Waals surface area contributed by atoms with Crippen molar-refractivity contribution in [2.45, 2.75) is 20.3 Å². The third-order valence-corrected chi connectivity index (χ3v) is 2.50. The second-order valence-corrected chi connectivity index (χ2v) is 4.12. The van der Waals surface area contributed by atoms with Gasteiger partial charge in [0, 0.05) is 12.6 Å². The second kappa shape index (κ2) is 7.41. The van der Waals surface area contributed by atoms with Gasteiger partial charge < -0.3 is 14.1 Å². The number of hydrogen-bond acceptors (Lipinski definition) is 4. The number of furan rings is 1. The zero-order chi connectivity index (χ0) is 14.3. The van der Waals surface area contributed by atoms with Gasteiger partial charge in [0.1, 0.15) is 18.1 Å². The van der Waals surface area contributed by atoms with Crippen LogP contribution in [0, 0.1) is 6.92 Å². The van der Waals surface area contributed by atoms with Gasteiger partial charge in [-0.3, -0.25) is 9.59 Å². The first kappa shape index (κ1) is 15.0. The Kier molecular flexibility index (Phi) is 5.85. The van der Waals surface area contributed by atoms with Crippen LogP contribution in [-0.2, 0) is 14.3 Å². The van der Waals surface area contributed by atoms with Crippen LogP contribution in [-0.4, -0.2) is 37.0 Å². The van der Waals surface area contributed by atoms with Crippen molar-refractivity contribution in [2.24, 2.45) is 0 Å². The fourth-order valence-corrected chi connectivity index (χ4v) is 1.56. The Balaban J connectivity index is 2.65. The summed E-state index contributed by atoms with van der Waals surface area (Å²) in [6.45, 7) is 4.25. The molecule has 0 aliphatic carbocycles. The molecule has 0 spiro atoms. The first-order valence-electron chi connectivity index (χ1n) is 6.17. The summed E-state index contributed by atoms with van der Waals surface area (Å²) in [6.07, 6.45) is 3.77. The van der Waals surface area contributed by atoms with Crippen molar-refractivity contribution in [3.8, 4) is 0 Å². The van der Waals surface area contributed by atoms with Gasteiger partial charge >= 0.3 is 5.97 Å². The van der Waals surface area contributed by atoms with Crippen molar-refractivity contribution in [1.82, 2.24) is 4.90 Å². The largest absolute Gasteiger partial charge is 0.468 e. The lowest BCUT2D eigenvalue weighted by molar-refractivity contribution is -0.145. The van der Waals surface area contributed by atoms with Crippen molar-refractivity contribution in [1.29, 1.82) is 0 Å². The van der Waals surface area contributed by atoms with Gasteiger partial charge in [-0.15, -0.1) is 0 Å². The fourth-order valence-electron chi connectivity index (χ4n) is 1.56. The van der Waals surface area contributed by atoms with Gasteiger partial charge in [0.15, 0.2) is 0 Å². The van der Waals surface area contributed by atoms with Crippen LogP contribution in [0.1, 0.15) is 24.9 Å². The smallest absolute Gasteiger partial charge is 0.325 e. The van der Waals surface area contributed by atoms with Crippen molar-refractivity contribution in [3.05, 3.63) is 29.7 Å². The van der Waals surface area contributed by atoms with E-state index >= 15 is 0 Å². The highest BCUT2D eigenvalue weighted by Crippen LogP contribution is 2.08. The van der Waals surface area contributed by atoms with E-state index in [1.165, 1.54) is 18.1 Å². The minimum absolute atomic E-state index is 0.0370. The van der Waals surface area contributed by atoms with Gasteiger partial charge in [-0.1, -0.05) is 6.92 Å². The van der Waals surface area contributed by atoms with E-state index in [1.54, 1.807) is 12.1 Å². The van der Waals surface area contributed by atoms with E-state index in [0.29, 0.717) is 12.3 Å².